The van der Waals surface area contributed by atoms with Crippen LogP contribution in [0.1, 0.15) is 23.2 Å². The number of benzene rings is 1. The number of halogens is 1. The molecule has 5 nitrogen and oxygen atoms in total. The van der Waals surface area contributed by atoms with Crippen LogP contribution in [0, 0.1) is 0 Å². The maximum absolute atomic E-state index is 11.9. The molecule has 1 aliphatic rings. The Morgan fingerprint density at radius 1 is 1.41 bits per heavy atom. The van der Waals surface area contributed by atoms with E-state index in [0.29, 0.717) is 0 Å². The number of carbonyl (C=O) groups is 1. The molecule has 0 radical (unpaired) electrons. The van der Waals surface area contributed by atoms with Gasteiger partial charge in [-0.1, -0.05) is 0 Å². The lowest BCUT2D eigenvalue weighted by atomic mass is 10.2. The van der Waals surface area contributed by atoms with E-state index in [-0.39, 0.29) is 21.0 Å². The Morgan fingerprint density at radius 2 is 2.06 bits per heavy atom. The molecule has 0 aromatic heterocycles. The van der Waals surface area contributed by atoms with E-state index >= 15 is 0 Å². The van der Waals surface area contributed by atoms with Crippen LogP contribution in [0.2, 0.25) is 0 Å². The van der Waals surface area contributed by atoms with Crippen molar-refractivity contribution in [2.45, 2.75) is 23.8 Å². The highest BCUT2D eigenvalue weighted by Gasteiger charge is 2.29. The minimum atomic E-state index is -3.56. The summed E-state index contributed by atoms with van der Waals surface area (Å²) in [6, 6.07) is 3.86. The average molecular weight is 320 g/mol. The third kappa shape index (κ3) is 2.85. The second kappa shape index (κ2) is 4.40. The van der Waals surface area contributed by atoms with E-state index in [1.165, 1.54) is 18.2 Å². The van der Waals surface area contributed by atoms with E-state index in [2.05, 4.69) is 20.7 Å². The van der Waals surface area contributed by atoms with E-state index in [1.54, 1.807) is 0 Å². The Balaban J connectivity index is 2.35. The fourth-order valence-electron chi connectivity index (χ4n) is 1.34. The summed E-state index contributed by atoms with van der Waals surface area (Å²) >= 11 is 3.08. The first-order valence-electron chi connectivity index (χ1n) is 4.95. The van der Waals surface area contributed by atoms with Gasteiger partial charge in [-0.2, -0.15) is 0 Å². The molecule has 0 spiro atoms. The molecule has 0 saturated heterocycles. The fourth-order valence-corrected chi connectivity index (χ4v) is 3.72. The number of hydrogen-bond acceptors (Lipinski definition) is 3. The minimum absolute atomic E-state index is 0.0195. The lowest BCUT2D eigenvalue weighted by molar-refractivity contribution is 0.0696. The Kier molecular flexibility index (Phi) is 3.24. The molecule has 0 atom stereocenters. The van der Waals surface area contributed by atoms with Gasteiger partial charge in [0.1, 0.15) is 0 Å². The van der Waals surface area contributed by atoms with Gasteiger partial charge < -0.3 is 5.11 Å². The van der Waals surface area contributed by atoms with Crippen LogP contribution in [0.4, 0.5) is 0 Å². The number of nitrogens with one attached hydrogen (secondary N) is 1. The number of sulfonamides is 1. The van der Waals surface area contributed by atoms with Crippen molar-refractivity contribution >= 4 is 31.9 Å². The second-order valence-electron chi connectivity index (χ2n) is 3.85. The normalized spacial score (nSPS) is 15.8. The van der Waals surface area contributed by atoms with Crippen LogP contribution >= 0.6 is 15.9 Å². The molecular weight excluding hydrogens is 310 g/mol. The van der Waals surface area contributed by atoms with E-state index in [1.807, 2.05) is 0 Å². The quantitative estimate of drug-likeness (QED) is 0.882. The molecule has 1 fully saturated rings. The maximum Gasteiger partial charge on any atom is 0.335 e. The second-order valence-corrected chi connectivity index (χ2v) is 6.38. The molecule has 0 heterocycles. The summed E-state index contributed by atoms with van der Waals surface area (Å²) in [7, 11) is -3.56. The van der Waals surface area contributed by atoms with Gasteiger partial charge in [-0.25, -0.2) is 17.9 Å². The summed E-state index contributed by atoms with van der Waals surface area (Å²) < 4.78 is 26.6. The number of carboxylic acid groups (broad SMARTS) is 1. The Bertz CT molecular complexity index is 566. The molecule has 0 bridgehead atoms. The van der Waals surface area contributed by atoms with Gasteiger partial charge in [0.15, 0.2) is 0 Å². The molecule has 2 rings (SSSR count). The van der Waals surface area contributed by atoms with Crippen molar-refractivity contribution in [2.75, 3.05) is 0 Å². The number of carboxylic acids is 1. The average Bonchev–Trinajstić information content (AvgIpc) is 3.00. The summed E-state index contributed by atoms with van der Waals surface area (Å²) in [4.78, 5) is 10.8. The molecule has 92 valence electrons. The van der Waals surface area contributed by atoms with Crippen molar-refractivity contribution in [3.05, 3.63) is 28.2 Å². The molecule has 0 amide bonds. The minimum Gasteiger partial charge on any atom is -0.478 e. The molecule has 2 N–H and O–H groups in total. The van der Waals surface area contributed by atoms with Gasteiger partial charge >= 0.3 is 5.97 Å². The lowest BCUT2D eigenvalue weighted by Crippen LogP contribution is -2.26. The van der Waals surface area contributed by atoms with Gasteiger partial charge in [0.25, 0.3) is 0 Å². The molecule has 0 aliphatic heterocycles. The first kappa shape index (κ1) is 12.5. The summed E-state index contributed by atoms with van der Waals surface area (Å²) in [6.07, 6.45) is 1.70. The molecular formula is C10H10BrNO4S. The highest BCUT2D eigenvalue weighted by molar-refractivity contribution is 9.10. The Labute approximate surface area is 107 Å². The Hall–Kier alpha value is -0.920. The molecule has 0 unspecified atom stereocenters. The van der Waals surface area contributed by atoms with Crippen LogP contribution in [0.15, 0.2) is 27.6 Å². The third-order valence-corrected chi connectivity index (χ3v) is 4.86. The van der Waals surface area contributed by atoms with Crippen LogP contribution in [0.25, 0.3) is 0 Å². The summed E-state index contributed by atoms with van der Waals surface area (Å²) in [6.45, 7) is 0. The monoisotopic (exact) mass is 319 g/mol. The predicted molar refractivity (Wildman–Crippen MR) is 64.4 cm³/mol. The molecule has 7 heteroatoms. The van der Waals surface area contributed by atoms with Crippen molar-refractivity contribution in [1.82, 2.24) is 4.72 Å². The summed E-state index contributed by atoms with van der Waals surface area (Å²) in [5, 5.41) is 8.77. The first-order chi connectivity index (χ1) is 7.90. The number of hydrogen-bond donors (Lipinski definition) is 2. The van der Waals surface area contributed by atoms with Crippen LogP contribution in [-0.4, -0.2) is 25.5 Å². The molecule has 1 aliphatic carbocycles. The third-order valence-electron chi connectivity index (χ3n) is 2.37. The Morgan fingerprint density at radius 3 is 2.53 bits per heavy atom. The smallest absolute Gasteiger partial charge is 0.335 e. The zero-order valence-corrected chi connectivity index (χ0v) is 11.1. The molecule has 17 heavy (non-hydrogen) atoms. The van der Waals surface area contributed by atoms with Crippen molar-refractivity contribution in [1.29, 1.82) is 0 Å². The summed E-state index contributed by atoms with van der Waals surface area (Å²) in [5.74, 6) is -1.09. The molecule has 1 saturated carbocycles. The number of aromatic carboxylic acids is 1. The van der Waals surface area contributed by atoms with E-state index < -0.39 is 16.0 Å². The zero-order chi connectivity index (χ0) is 12.6. The highest BCUT2D eigenvalue weighted by Crippen LogP contribution is 2.27. The van der Waals surface area contributed by atoms with Gasteiger partial charge in [-0.15, -0.1) is 0 Å². The van der Waals surface area contributed by atoms with Crippen LogP contribution in [0.5, 0.6) is 0 Å². The van der Waals surface area contributed by atoms with E-state index in [0.717, 1.165) is 12.8 Å². The summed E-state index contributed by atoms with van der Waals surface area (Å²) in [5.41, 5.74) is 0.0437. The fraction of sp³-hybridized carbons (Fsp3) is 0.300. The van der Waals surface area contributed by atoms with Crippen LogP contribution in [-0.2, 0) is 10.0 Å². The van der Waals surface area contributed by atoms with Crippen molar-refractivity contribution in [3.8, 4) is 0 Å². The predicted octanol–water partition coefficient (Wildman–Crippen LogP) is 1.59. The van der Waals surface area contributed by atoms with E-state index in [9.17, 15) is 13.2 Å². The molecule has 1 aromatic rings. The lowest BCUT2D eigenvalue weighted by Gasteiger charge is -2.07. The van der Waals surface area contributed by atoms with Gasteiger partial charge in [0.2, 0.25) is 10.0 Å². The SMILES string of the molecule is O=C(O)c1ccc(S(=O)(=O)NC2CC2)c(Br)c1. The standard InChI is InChI=1S/C10H10BrNO4S/c11-8-5-6(10(13)14)1-4-9(8)17(15,16)12-7-2-3-7/h1,4-5,7,12H,2-3H2,(H,13,14). The number of rotatable bonds is 4. The van der Waals surface area contributed by atoms with Crippen molar-refractivity contribution < 1.29 is 18.3 Å². The topological polar surface area (TPSA) is 83.5 Å². The van der Waals surface area contributed by atoms with Gasteiger partial charge in [0.05, 0.1) is 10.5 Å². The maximum atomic E-state index is 11.9. The first-order valence-corrected chi connectivity index (χ1v) is 7.23. The van der Waals surface area contributed by atoms with Crippen molar-refractivity contribution in [3.63, 3.8) is 0 Å². The highest BCUT2D eigenvalue weighted by atomic mass is 79.9. The van der Waals surface area contributed by atoms with E-state index in [4.69, 9.17) is 5.11 Å². The van der Waals surface area contributed by atoms with Crippen LogP contribution in [0.3, 0.4) is 0 Å². The van der Waals surface area contributed by atoms with Gasteiger partial charge in [-0.3, -0.25) is 0 Å². The largest absolute Gasteiger partial charge is 0.478 e. The van der Waals surface area contributed by atoms with Gasteiger partial charge in [-0.05, 0) is 47.0 Å². The van der Waals surface area contributed by atoms with Crippen molar-refractivity contribution in [2.24, 2.45) is 0 Å². The molecule has 1 aromatic carbocycles. The zero-order valence-electron chi connectivity index (χ0n) is 8.68. The van der Waals surface area contributed by atoms with Crippen LogP contribution < -0.4 is 4.72 Å². The van der Waals surface area contributed by atoms with Gasteiger partial charge in [0, 0.05) is 10.5 Å².